The average molecular weight is 606 g/mol. The van der Waals surface area contributed by atoms with Crippen LogP contribution in [0.4, 0.5) is 28.4 Å². The van der Waals surface area contributed by atoms with Crippen LogP contribution < -0.4 is 10.1 Å². The minimum Gasteiger partial charge on any atom is -0.465 e. The quantitative estimate of drug-likeness (QED) is 0.294. The standard InChI is InChI=1S/C26H22F3N5O7S/c1-42(38,39)40-13-15-8-17(26(27,28)29)11-18(9-15)32-24(35)34-7-4-16-10-19(2-3-22(16)34)41-23-20-5-6-33(25(36)37)12-21(20)30-14-31-23/h2-4,7-11,14H,5-6,12-13H2,1H3,(H,32,35)(H,36,37). The van der Waals surface area contributed by atoms with Crippen LogP contribution in [0.2, 0.25) is 0 Å². The van der Waals surface area contributed by atoms with Crippen LogP contribution >= 0.6 is 0 Å². The third-order valence-corrected chi connectivity index (χ3v) is 6.89. The van der Waals surface area contributed by atoms with Crippen molar-refractivity contribution < 1.29 is 45.2 Å². The van der Waals surface area contributed by atoms with Gasteiger partial charge >= 0.3 is 18.3 Å². The summed E-state index contributed by atoms with van der Waals surface area (Å²) in [6.45, 7) is -0.270. The number of nitrogens with one attached hydrogen (secondary N) is 1. The maximum atomic E-state index is 13.5. The fourth-order valence-electron chi connectivity index (χ4n) is 4.42. The molecule has 220 valence electrons. The van der Waals surface area contributed by atoms with E-state index < -0.39 is 40.6 Å². The highest BCUT2D eigenvalue weighted by molar-refractivity contribution is 7.85. The summed E-state index contributed by atoms with van der Waals surface area (Å²) in [5, 5.41) is 12.2. The minimum atomic E-state index is -4.75. The van der Waals surface area contributed by atoms with Crippen molar-refractivity contribution in [3.8, 4) is 11.6 Å². The van der Waals surface area contributed by atoms with Crippen LogP contribution in [0.5, 0.6) is 11.6 Å². The fraction of sp³-hybridized carbons (Fsp3) is 0.231. The summed E-state index contributed by atoms with van der Waals surface area (Å²) in [5.74, 6) is 0.664. The Morgan fingerprint density at radius 2 is 1.90 bits per heavy atom. The fourth-order valence-corrected chi connectivity index (χ4v) is 4.77. The summed E-state index contributed by atoms with van der Waals surface area (Å²) in [7, 11) is -3.91. The molecule has 5 rings (SSSR count). The van der Waals surface area contributed by atoms with Crippen molar-refractivity contribution in [2.75, 3.05) is 18.1 Å². The molecule has 42 heavy (non-hydrogen) atoms. The van der Waals surface area contributed by atoms with Crippen molar-refractivity contribution in [3.63, 3.8) is 0 Å². The summed E-state index contributed by atoms with van der Waals surface area (Å²) >= 11 is 0. The van der Waals surface area contributed by atoms with E-state index in [-0.39, 0.29) is 30.2 Å². The van der Waals surface area contributed by atoms with Crippen molar-refractivity contribution in [1.82, 2.24) is 19.4 Å². The molecule has 2 aromatic heterocycles. The van der Waals surface area contributed by atoms with Crippen molar-refractivity contribution in [1.29, 1.82) is 0 Å². The summed E-state index contributed by atoms with van der Waals surface area (Å²) in [6.07, 6.45) is -1.95. The molecule has 3 heterocycles. The molecule has 1 aliphatic rings. The van der Waals surface area contributed by atoms with Crippen LogP contribution in [0.3, 0.4) is 0 Å². The van der Waals surface area contributed by atoms with Gasteiger partial charge < -0.3 is 20.1 Å². The number of fused-ring (bicyclic) bond motifs is 2. The number of amides is 2. The maximum absolute atomic E-state index is 13.5. The zero-order chi connectivity index (χ0) is 30.2. The number of aromatic nitrogens is 3. The van der Waals surface area contributed by atoms with Crippen molar-refractivity contribution in [3.05, 3.63) is 77.4 Å². The van der Waals surface area contributed by atoms with E-state index in [1.54, 1.807) is 24.3 Å². The second kappa shape index (κ2) is 10.9. The number of rotatable bonds is 6. The maximum Gasteiger partial charge on any atom is 0.416 e. The predicted octanol–water partition coefficient (Wildman–Crippen LogP) is 4.83. The largest absolute Gasteiger partial charge is 0.465 e. The van der Waals surface area contributed by atoms with E-state index in [2.05, 4.69) is 19.5 Å². The molecule has 2 amide bonds. The Hall–Kier alpha value is -4.70. The highest BCUT2D eigenvalue weighted by Gasteiger charge is 2.31. The first kappa shape index (κ1) is 28.8. The van der Waals surface area contributed by atoms with Crippen LogP contribution in [0, 0.1) is 0 Å². The van der Waals surface area contributed by atoms with Gasteiger partial charge in [0.25, 0.3) is 10.1 Å². The molecule has 2 N–H and O–H groups in total. The SMILES string of the molecule is CS(=O)(=O)OCc1cc(NC(=O)n2ccc3cc(Oc4ncnc5c4CCN(C(=O)O)C5)ccc32)cc(C(F)(F)F)c1. The normalized spacial score (nSPS) is 13.6. The molecule has 0 saturated carbocycles. The van der Waals surface area contributed by atoms with Gasteiger partial charge in [0.1, 0.15) is 12.1 Å². The molecule has 4 aromatic rings. The molecule has 0 spiro atoms. The molecular weight excluding hydrogens is 583 g/mol. The first-order valence-corrected chi connectivity index (χ1v) is 14.0. The Kier molecular flexibility index (Phi) is 7.51. The number of carbonyl (C=O) groups excluding carboxylic acids is 1. The van der Waals surface area contributed by atoms with Crippen LogP contribution in [-0.2, 0) is 40.0 Å². The Morgan fingerprint density at radius 1 is 1.12 bits per heavy atom. The Labute approximate surface area is 236 Å². The Morgan fingerprint density at radius 3 is 2.62 bits per heavy atom. The van der Waals surface area contributed by atoms with Crippen LogP contribution in [-0.4, -0.2) is 57.9 Å². The van der Waals surface area contributed by atoms with Crippen LogP contribution in [0.25, 0.3) is 10.9 Å². The van der Waals surface area contributed by atoms with Gasteiger partial charge in [-0.3, -0.25) is 8.75 Å². The molecule has 0 aliphatic carbocycles. The molecule has 0 bridgehead atoms. The molecule has 16 heteroatoms. The first-order chi connectivity index (χ1) is 19.8. The molecule has 0 saturated heterocycles. The number of nitrogens with zero attached hydrogens (tertiary/aromatic N) is 4. The van der Waals surface area contributed by atoms with Crippen LogP contribution in [0.15, 0.2) is 55.0 Å². The summed E-state index contributed by atoms with van der Waals surface area (Å²) in [4.78, 5) is 33.9. The number of alkyl halides is 3. The summed E-state index contributed by atoms with van der Waals surface area (Å²) in [5.41, 5.74) is 0.252. The van der Waals surface area contributed by atoms with E-state index in [0.29, 0.717) is 34.3 Å². The Bertz CT molecular complexity index is 1810. The van der Waals surface area contributed by atoms with Gasteiger partial charge in [-0.05, 0) is 54.4 Å². The van der Waals surface area contributed by atoms with Gasteiger partial charge in [-0.15, -0.1) is 0 Å². The zero-order valence-electron chi connectivity index (χ0n) is 21.8. The zero-order valence-corrected chi connectivity index (χ0v) is 22.6. The monoisotopic (exact) mass is 605 g/mol. The molecular formula is C26H22F3N5O7S. The van der Waals surface area contributed by atoms with Gasteiger partial charge in [0, 0.05) is 29.4 Å². The average Bonchev–Trinajstić information content (AvgIpc) is 3.34. The van der Waals surface area contributed by atoms with Crippen molar-refractivity contribution >= 4 is 38.8 Å². The lowest BCUT2D eigenvalue weighted by molar-refractivity contribution is -0.137. The van der Waals surface area contributed by atoms with Gasteiger partial charge in [-0.2, -0.15) is 21.6 Å². The first-order valence-electron chi connectivity index (χ1n) is 12.2. The van der Waals surface area contributed by atoms with E-state index in [0.717, 1.165) is 18.4 Å². The number of hydrogen-bond acceptors (Lipinski definition) is 8. The van der Waals surface area contributed by atoms with E-state index >= 15 is 0 Å². The lowest BCUT2D eigenvalue weighted by Gasteiger charge is -2.26. The molecule has 0 atom stereocenters. The van der Waals surface area contributed by atoms with Gasteiger partial charge in [0.2, 0.25) is 5.88 Å². The van der Waals surface area contributed by atoms with E-state index in [9.17, 15) is 36.3 Å². The molecule has 12 nitrogen and oxygen atoms in total. The van der Waals surface area contributed by atoms with Crippen LogP contribution in [0.1, 0.15) is 22.4 Å². The number of carboxylic acid groups (broad SMARTS) is 1. The van der Waals surface area contributed by atoms with Gasteiger partial charge in [-0.1, -0.05) is 0 Å². The minimum absolute atomic E-state index is 0.104. The number of hydrogen-bond donors (Lipinski definition) is 2. The molecule has 1 aliphatic heterocycles. The highest BCUT2D eigenvalue weighted by Crippen LogP contribution is 2.33. The van der Waals surface area contributed by atoms with E-state index in [1.165, 1.54) is 28.1 Å². The van der Waals surface area contributed by atoms with E-state index in [1.807, 2.05) is 0 Å². The summed E-state index contributed by atoms with van der Waals surface area (Å²) < 4.78 is 74.7. The topological polar surface area (TPSA) is 153 Å². The molecule has 0 fully saturated rings. The van der Waals surface area contributed by atoms with Gasteiger partial charge in [0.05, 0.1) is 36.2 Å². The lowest BCUT2D eigenvalue weighted by atomic mass is 10.1. The molecule has 0 unspecified atom stereocenters. The Balaban J connectivity index is 1.36. The predicted molar refractivity (Wildman–Crippen MR) is 142 cm³/mol. The summed E-state index contributed by atoms with van der Waals surface area (Å²) in [6, 6.07) is 8.32. The third-order valence-electron chi connectivity index (χ3n) is 6.34. The van der Waals surface area contributed by atoms with Gasteiger partial charge in [0.15, 0.2) is 0 Å². The smallest absolute Gasteiger partial charge is 0.416 e. The lowest BCUT2D eigenvalue weighted by Crippen LogP contribution is -2.35. The van der Waals surface area contributed by atoms with Crippen molar-refractivity contribution in [2.45, 2.75) is 25.7 Å². The molecule has 0 radical (unpaired) electrons. The molecule has 2 aromatic carbocycles. The number of carbonyl (C=O) groups is 2. The van der Waals surface area contributed by atoms with Gasteiger partial charge in [-0.25, -0.2) is 19.6 Å². The number of benzene rings is 2. The highest BCUT2D eigenvalue weighted by atomic mass is 32.2. The van der Waals surface area contributed by atoms with E-state index in [4.69, 9.17) is 4.74 Å². The number of halogens is 3. The second-order valence-electron chi connectivity index (χ2n) is 9.38. The number of ether oxygens (including phenoxy) is 1. The number of anilines is 1. The third kappa shape index (κ3) is 6.44. The second-order valence-corrected chi connectivity index (χ2v) is 11.0. The van der Waals surface area contributed by atoms with Crippen molar-refractivity contribution in [2.24, 2.45) is 0 Å².